The molecule has 1 aromatic heterocycles. The molecule has 7 heteroatoms. The van der Waals surface area contributed by atoms with Gasteiger partial charge in [-0.15, -0.1) is 0 Å². The number of hydrazine groups is 1. The predicted octanol–water partition coefficient (Wildman–Crippen LogP) is -1.12. The molecule has 2 rings (SSSR count). The number of carbonyl (C=O) groups is 2. The number of amides is 2. The molecule has 1 fully saturated rings. The molecule has 2 heterocycles. The quantitative estimate of drug-likeness (QED) is 0.591. The molecule has 3 N–H and O–H groups in total. The number of rotatable bonds is 3. The van der Waals surface area contributed by atoms with Gasteiger partial charge in [0.15, 0.2) is 0 Å². The molecule has 0 unspecified atom stereocenters. The van der Waals surface area contributed by atoms with E-state index >= 15 is 0 Å². The lowest BCUT2D eigenvalue weighted by atomic mass is 10.2. The summed E-state index contributed by atoms with van der Waals surface area (Å²) in [5.74, 6) is -0.315. The number of aromatic nitrogens is 1. The number of nitrogens with zero attached hydrogens (tertiary/aromatic N) is 2. The topological polar surface area (TPSA) is 86.4 Å². The van der Waals surface area contributed by atoms with Gasteiger partial charge < -0.3 is 10.2 Å². The number of pyridine rings is 1. The van der Waals surface area contributed by atoms with Crippen molar-refractivity contribution in [2.75, 3.05) is 31.6 Å². The van der Waals surface area contributed by atoms with E-state index in [4.69, 9.17) is 0 Å². The van der Waals surface area contributed by atoms with Crippen molar-refractivity contribution < 1.29 is 9.59 Å². The van der Waals surface area contributed by atoms with Crippen LogP contribution >= 0.6 is 0 Å². The highest BCUT2D eigenvalue weighted by Crippen LogP contribution is 2.19. The SMILES string of the molecule is CNNC(=O)c1cnccc1N1CCNC(=O)C1. The maximum absolute atomic E-state index is 11.8. The fraction of sp³-hybridized carbons (Fsp3) is 0.364. The van der Waals surface area contributed by atoms with Crippen LogP contribution in [-0.4, -0.2) is 43.5 Å². The first kappa shape index (κ1) is 12.3. The Morgan fingerprint density at radius 1 is 1.56 bits per heavy atom. The molecular weight excluding hydrogens is 234 g/mol. The molecule has 2 amide bonds. The molecule has 96 valence electrons. The van der Waals surface area contributed by atoms with Crippen molar-refractivity contribution in [3.8, 4) is 0 Å². The number of hydrogen-bond donors (Lipinski definition) is 3. The largest absolute Gasteiger partial charge is 0.360 e. The number of carbonyl (C=O) groups excluding carboxylic acids is 2. The fourth-order valence-corrected chi connectivity index (χ4v) is 1.86. The molecule has 0 aliphatic carbocycles. The minimum absolute atomic E-state index is 0.0435. The van der Waals surface area contributed by atoms with Gasteiger partial charge in [0, 0.05) is 32.5 Å². The van der Waals surface area contributed by atoms with Crippen LogP contribution in [-0.2, 0) is 4.79 Å². The first-order valence-electron chi connectivity index (χ1n) is 5.65. The van der Waals surface area contributed by atoms with Crippen molar-refractivity contribution in [2.24, 2.45) is 0 Å². The summed E-state index contributed by atoms with van der Waals surface area (Å²) in [5, 5.41) is 2.75. The second-order valence-electron chi connectivity index (χ2n) is 3.87. The third kappa shape index (κ3) is 2.57. The summed E-state index contributed by atoms with van der Waals surface area (Å²) in [5.41, 5.74) is 6.24. The Labute approximate surface area is 105 Å². The molecule has 1 aromatic rings. The van der Waals surface area contributed by atoms with Gasteiger partial charge in [-0.25, -0.2) is 5.43 Å². The standard InChI is InChI=1S/C11H15N5O2/c1-12-15-11(18)8-6-13-3-2-9(8)16-5-4-14-10(17)7-16/h2-3,6,12H,4-5,7H2,1H3,(H,14,17)(H,15,18). The van der Waals surface area contributed by atoms with Gasteiger partial charge in [0.25, 0.3) is 5.91 Å². The zero-order valence-electron chi connectivity index (χ0n) is 10.1. The number of nitrogens with one attached hydrogen (secondary N) is 3. The average molecular weight is 249 g/mol. The van der Waals surface area contributed by atoms with Crippen molar-refractivity contribution in [2.45, 2.75) is 0 Å². The van der Waals surface area contributed by atoms with Gasteiger partial charge in [0.1, 0.15) is 0 Å². The number of anilines is 1. The lowest BCUT2D eigenvalue weighted by Crippen LogP contribution is -2.48. The van der Waals surface area contributed by atoms with Crippen LogP contribution in [0.25, 0.3) is 0 Å². The molecule has 1 saturated heterocycles. The minimum atomic E-state index is -0.272. The molecule has 0 bridgehead atoms. The molecule has 18 heavy (non-hydrogen) atoms. The van der Waals surface area contributed by atoms with Crippen LogP contribution in [0.3, 0.4) is 0 Å². The smallest absolute Gasteiger partial charge is 0.269 e. The Bertz CT molecular complexity index is 463. The molecule has 0 aromatic carbocycles. The van der Waals surface area contributed by atoms with E-state index in [1.165, 1.54) is 6.20 Å². The molecule has 0 saturated carbocycles. The molecule has 1 aliphatic rings. The van der Waals surface area contributed by atoms with Gasteiger partial charge >= 0.3 is 0 Å². The van der Waals surface area contributed by atoms with Crippen molar-refractivity contribution in [1.29, 1.82) is 0 Å². The monoisotopic (exact) mass is 249 g/mol. The summed E-state index contributed by atoms with van der Waals surface area (Å²) in [6.07, 6.45) is 3.10. The second-order valence-corrected chi connectivity index (χ2v) is 3.87. The molecule has 7 nitrogen and oxygen atoms in total. The van der Waals surface area contributed by atoms with Gasteiger partial charge in [-0.1, -0.05) is 0 Å². The Morgan fingerprint density at radius 3 is 3.11 bits per heavy atom. The van der Waals surface area contributed by atoms with Crippen LogP contribution in [0.5, 0.6) is 0 Å². The van der Waals surface area contributed by atoms with Gasteiger partial charge in [-0.3, -0.25) is 20.0 Å². The van der Waals surface area contributed by atoms with E-state index in [1.807, 2.05) is 4.90 Å². The third-order valence-corrected chi connectivity index (χ3v) is 2.66. The summed E-state index contributed by atoms with van der Waals surface area (Å²) in [6, 6.07) is 1.74. The number of hydrogen-bond acceptors (Lipinski definition) is 5. The lowest BCUT2D eigenvalue weighted by Gasteiger charge is -2.29. The Balaban J connectivity index is 2.26. The van der Waals surface area contributed by atoms with Gasteiger partial charge in [-0.05, 0) is 6.07 Å². The van der Waals surface area contributed by atoms with Crippen molar-refractivity contribution in [1.82, 2.24) is 21.2 Å². The lowest BCUT2D eigenvalue weighted by molar-refractivity contribution is -0.120. The average Bonchev–Trinajstić information content (AvgIpc) is 2.39. The Hall–Kier alpha value is -2.15. The summed E-state index contributed by atoms with van der Waals surface area (Å²) in [6.45, 7) is 1.51. The molecular formula is C11H15N5O2. The summed E-state index contributed by atoms with van der Waals surface area (Å²) < 4.78 is 0. The van der Waals surface area contributed by atoms with E-state index < -0.39 is 0 Å². The van der Waals surface area contributed by atoms with Crippen LogP contribution < -0.4 is 21.1 Å². The maximum Gasteiger partial charge on any atom is 0.269 e. The van der Waals surface area contributed by atoms with Crippen LogP contribution in [0.15, 0.2) is 18.5 Å². The van der Waals surface area contributed by atoms with Crippen LogP contribution in [0, 0.1) is 0 Å². The zero-order valence-corrected chi connectivity index (χ0v) is 10.1. The first-order valence-corrected chi connectivity index (χ1v) is 5.65. The van der Waals surface area contributed by atoms with Crippen molar-refractivity contribution in [3.05, 3.63) is 24.0 Å². The zero-order chi connectivity index (χ0) is 13.0. The Morgan fingerprint density at radius 2 is 2.39 bits per heavy atom. The predicted molar refractivity (Wildman–Crippen MR) is 66.0 cm³/mol. The van der Waals surface area contributed by atoms with E-state index in [-0.39, 0.29) is 18.4 Å². The maximum atomic E-state index is 11.8. The summed E-state index contributed by atoms with van der Waals surface area (Å²) in [4.78, 5) is 29.0. The van der Waals surface area contributed by atoms with E-state index in [1.54, 1.807) is 19.3 Å². The van der Waals surface area contributed by atoms with Crippen LogP contribution in [0.4, 0.5) is 5.69 Å². The molecule has 1 aliphatic heterocycles. The highest BCUT2D eigenvalue weighted by atomic mass is 16.2. The normalized spacial score (nSPS) is 15.2. The molecule has 0 atom stereocenters. The van der Waals surface area contributed by atoms with Gasteiger partial charge in [-0.2, -0.15) is 0 Å². The Kier molecular flexibility index (Phi) is 3.73. The van der Waals surface area contributed by atoms with E-state index in [9.17, 15) is 9.59 Å². The van der Waals surface area contributed by atoms with E-state index in [2.05, 4.69) is 21.2 Å². The van der Waals surface area contributed by atoms with Crippen molar-refractivity contribution >= 4 is 17.5 Å². The highest BCUT2D eigenvalue weighted by molar-refractivity contribution is 5.99. The van der Waals surface area contributed by atoms with Crippen LogP contribution in [0.1, 0.15) is 10.4 Å². The summed E-state index contributed by atoms with van der Waals surface area (Å²) >= 11 is 0. The van der Waals surface area contributed by atoms with E-state index in [0.29, 0.717) is 24.3 Å². The number of piperazine rings is 1. The van der Waals surface area contributed by atoms with Gasteiger partial charge in [0.05, 0.1) is 17.8 Å². The third-order valence-electron chi connectivity index (χ3n) is 2.66. The second kappa shape index (κ2) is 5.46. The fourth-order valence-electron chi connectivity index (χ4n) is 1.86. The van der Waals surface area contributed by atoms with E-state index in [0.717, 1.165) is 0 Å². The van der Waals surface area contributed by atoms with Crippen molar-refractivity contribution in [3.63, 3.8) is 0 Å². The minimum Gasteiger partial charge on any atom is -0.360 e. The van der Waals surface area contributed by atoms with Gasteiger partial charge in [0.2, 0.25) is 5.91 Å². The molecule has 0 radical (unpaired) electrons. The summed E-state index contributed by atoms with van der Waals surface area (Å²) in [7, 11) is 1.61. The highest BCUT2D eigenvalue weighted by Gasteiger charge is 2.21. The first-order chi connectivity index (χ1) is 8.72. The molecule has 0 spiro atoms. The van der Waals surface area contributed by atoms with Crippen LogP contribution in [0.2, 0.25) is 0 Å².